The Morgan fingerprint density at radius 3 is 2.66 bits per heavy atom. The van der Waals surface area contributed by atoms with Gasteiger partial charge in [-0.1, -0.05) is 6.07 Å². The van der Waals surface area contributed by atoms with Crippen molar-refractivity contribution in [2.24, 2.45) is 0 Å². The van der Waals surface area contributed by atoms with Crippen molar-refractivity contribution in [3.05, 3.63) is 35.1 Å². The molecule has 240 valence electrons. The molecule has 2 aliphatic heterocycles. The molecule has 2 bridgehead atoms. The number of likely N-dealkylation sites (tertiary alicyclic amines) is 1. The molecule has 4 aliphatic rings. The second-order valence-corrected chi connectivity index (χ2v) is 11.6. The Morgan fingerprint density at radius 1 is 1.20 bits per heavy atom. The van der Waals surface area contributed by atoms with Gasteiger partial charge in [-0.2, -0.15) is 0 Å². The lowest BCUT2D eigenvalue weighted by molar-refractivity contribution is -0.199. The summed E-state index contributed by atoms with van der Waals surface area (Å²) in [5.74, 6) is -3.86. The van der Waals surface area contributed by atoms with Crippen LogP contribution < -0.4 is 10.1 Å². The number of nitrogens with zero attached hydrogens (tertiary/aromatic N) is 1. The number of likely N-dealkylation sites (N-methyl/N-ethyl adjacent to an activating group) is 1. The molecule has 7 atom stereocenters. The third kappa shape index (κ3) is 5.38. The molecule has 1 aromatic rings. The number of aliphatic hydroxyl groups excluding tert-OH is 2. The van der Waals surface area contributed by atoms with E-state index in [1.165, 1.54) is 13.0 Å². The van der Waals surface area contributed by atoms with Gasteiger partial charge in [-0.25, -0.2) is 4.79 Å². The van der Waals surface area contributed by atoms with Crippen LogP contribution in [0.1, 0.15) is 43.7 Å². The molecule has 0 saturated carbocycles. The summed E-state index contributed by atoms with van der Waals surface area (Å²) in [5, 5.41) is 53.8. The summed E-state index contributed by atoms with van der Waals surface area (Å²) in [5.41, 5.74) is -0.676. The number of benzene rings is 1. The number of amides is 1. The van der Waals surface area contributed by atoms with Crippen molar-refractivity contribution in [2.75, 3.05) is 26.7 Å². The summed E-state index contributed by atoms with van der Waals surface area (Å²) < 4.78 is 22.0. The Kier molecular flexibility index (Phi) is 8.61. The van der Waals surface area contributed by atoms with E-state index in [4.69, 9.17) is 24.1 Å². The number of carboxylic acids is 1. The number of hydrogen-bond donors (Lipinski definition) is 6. The molecule has 5 rings (SSSR count). The fraction of sp³-hybridized carbons (Fsp3) is 0.586. The van der Waals surface area contributed by atoms with Crippen LogP contribution in [0.2, 0.25) is 0 Å². The quantitative estimate of drug-likeness (QED) is 0.120. The van der Waals surface area contributed by atoms with Crippen molar-refractivity contribution in [1.82, 2.24) is 10.2 Å². The SMILES string of the molecule is C[C@H](O)C(=O)NCCC(=O)O[C@@H](CC(=O)OC1=CC[C@@]2(O)[C@H]3Cc4ccc(O)c5c4C2(CCN3C)[C@H]1O5)C(O)OCC(=O)O. The zero-order chi connectivity index (χ0) is 32.0. The molecule has 1 spiro atoms. The highest BCUT2D eigenvalue weighted by Crippen LogP contribution is 2.65. The van der Waals surface area contributed by atoms with Gasteiger partial charge in [0.15, 0.2) is 30.0 Å². The van der Waals surface area contributed by atoms with Crippen LogP contribution in [-0.4, -0.2) is 117 Å². The molecule has 0 aromatic heterocycles. The molecular weight excluding hydrogens is 584 g/mol. The van der Waals surface area contributed by atoms with E-state index in [1.54, 1.807) is 6.08 Å². The van der Waals surface area contributed by atoms with E-state index in [0.29, 0.717) is 24.9 Å². The molecule has 1 saturated heterocycles. The predicted octanol–water partition coefficient (Wildman–Crippen LogP) is -1.18. The highest BCUT2D eigenvalue weighted by atomic mass is 16.6. The van der Waals surface area contributed by atoms with Crippen LogP contribution in [0.5, 0.6) is 11.5 Å². The van der Waals surface area contributed by atoms with Gasteiger partial charge in [-0.15, -0.1) is 0 Å². The van der Waals surface area contributed by atoms with Crippen LogP contribution in [0.3, 0.4) is 0 Å². The maximum Gasteiger partial charge on any atom is 0.329 e. The summed E-state index contributed by atoms with van der Waals surface area (Å²) >= 11 is 0. The number of aromatic hydroxyl groups is 1. The Balaban J connectivity index is 1.33. The van der Waals surface area contributed by atoms with Gasteiger partial charge in [0.25, 0.3) is 0 Å². The molecule has 0 radical (unpaired) electrons. The molecule has 15 heteroatoms. The number of nitrogens with one attached hydrogen (secondary N) is 1. The lowest BCUT2D eigenvalue weighted by Crippen LogP contribution is -2.74. The monoisotopic (exact) mass is 620 g/mol. The minimum atomic E-state index is -2.02. The van der Waals surface area contributed by atoms with Crippen molar-refractivity contribution in [3.8, 4) is 11.5 Å². The van der Waals surface area contributed by atoms with Gasteiger partial charge in [0.1, 0.15) is 18.5 Å². The van der Waals surface area contributed by atoms with Crippen molar-refractivity contribution < 1.29 is 63.7 Å². The number of carboxylic acid groups (broad SMARTS) is 1. The number of ether oxygens (including phenoxy) is 4. The fourth-order valence-electron chi connectivity index (χ4n) is 6.90. The molecule has 1 amide bonds. The van der Waals surface area contributed by atoms with Crippen LogP contribution in [-0.2, 0) is 45.2 Å². The largest absolute Gasteiger partial charge is 0.504 e. The maximum absolute atomic E-state index is 13.2. The number of esters is 2. The van der Waals surface area contributed by atoms with Crippen LogP contribution in [0, 0.1) is 0 Å². The summed E-state index contributed by atoms with van der Waals surface area (Å²) in [4.78, 5) is 50.2. The van der Waals surface area contributed by atoms with Crippen LogP contribution in [0.4, 0.5) is 0 Å². The minimum Gasteiger partial charge on any atom is -0.504 e. The molecule has 1 aromatic carbocycles. The first-order valence-corrected chi connectivity index (χ1v) is 14.3. The topological polar surface area (TPSA) is 222 Å². The lowest BCUT2D eigenvalue weighted by Gasteiger charge is -2.61. The van der Waals surface area contributed by atoms with Gasteiger partial charge in [-0.3, -0.25) is 14.4 Å². The van der Waals surface area contributed by atoms with Gasteiger partial charge in [-0.05, 0) is 51.1 Å². The minimum absolute atomic E-state index is 0.0817. The van der Waals surface area contributed by atoms with Crippen LogP contribution >= 0.6 is 0 Å². The average Bonchev–Trinajstić information content (AvgIpc) is 3.32. The average molecular weight is 621 g/mol. The number of hydrogen-bond acceptors (Lipinski definition) is 13. The fourth-order valence-corrected chi connectivity index (χ4v) is 6.90. The highest BCUT2D eigenvalue weighted by Gasteiger charge is 2.72. The molecule has 1 fully saturated rings. The zero-order valence-electron chi connectivity index (χ0n) is 24.2. The van der Waals surface area contributed by atoms with E-state index < -0.39 is 78.9 Å². The van der Waals surface area contributed by atoms with E-state index in [0.717, 1.165) is 5.56 Å². The molecule has 15 nitrogen and oxygen atoms in total. The molecular formula is C29H36N2O13. The molecule has 6 N–H and O–H groups in total. The summed E-state index contributed by atoms with van der Waals surface area (Å²) in [6.07, 6.45) is -4.42. The predicted molar refractivity (Wildman–Crippen MR) is 146 cm³/mol. The number of phenolic OH excluding ortho intramolecular Hbond substituents is 1. The smallest absolute Gasteiger partial charge is 0.329 e. The van der Waals surface area contributed by atoms with E-state index >= 15 is 0 Å². The number of carbonyl (C=O) groups excluding carboxylic acids is 3. The Morgan fingerprint density at radius 2 is 1.95 bits per heavy atom. The van der Waals surface area contributed by atoms with Gasteiger partial charge in [0, 0.05) is 24.6 Å². The summed E-state index contributed by atoms with van der Waals surface area (Å²) in [6, 6.07) is 3.09. The third-order valence-electron chi connectivity index (χ3n) is 8.94. The van der Waals surface area contributed by atoms with Crippen LogP contribution in [0.25, 0.3) is 0 Å². The van der Waals surface area contributed by atoms with Gasteiger partial charge < -0.3 is 54.7 Å². The Bertz CT molecular complexity index is 1380. The number of aliphatic carboxylic acids is 1. The van der Waals surface area contributed by atoms with E-state index in [2.05, 4.69) is 10.2 Å². The first-order chi connectivity index (χ1) is 20.8. The third-order valence-corrected chi connectivity index (χ3v) is 8.94. The second-order valence-electron chi connectivity index (χ2n) is 11.6. The van der Waals surface area contributed by atoms with Crippen molar-refractivity contribution in [3.63, 3.8) is 0 Å². The maximum atomic E-state index is 13.2. The molecule has 2 unspecified atom stereocenters. The lowest BCUT2D eigenvalue weighted by atomic mass is 9.50. The van der Waals surface area contributed by atoms with Gasteiger partial charge in [0.2, 0.25) is 5.91 Å². The first-order valence-electron chi connectivity index (χ1n) is 14.3. The zero-order valence-corrected chi connectivity index (χ0v) is 24.2. The van der Waals surface area contributed by atoms with Crippen molar-refractivity contribution in [2.45, 2.75) is 80.7 Å². The van der Waals surface area contributed by atoms with Crippen LogP contribution in [0.15, 0.2) is 24.0 Å². The van der Waals surface area contributed by atoms with Crippen molar-refractivity contribution in [1.29, 1.82) is 0 Å². The number of carbonyl (C=O) groups is 4. The molecule has 2 heterocycles. The normalized spacial score (nSPS) is 28.4. The number of phenols is 1. The van der Waals surface area contributed by atoms with Gasteiger partial charge >= 0.3 is 17.9 Å². The number of aliphatic hydroxyl groups is 3. The van der Waals surface area contributed by atoms with E-state index in [-0.39, 0.29) is 36.3 Å². The summed E-state index contributed by atoms with van der Waals surface area (Å²) in [6.45, 7) is 0.694. The van der Waals surface area contributed by atoms with E-state index in [9.17, 15) is 39.6 Å². The second kappa shape index (κ2) is 12.0. The Hall–Kier alpha value is -3.76. The van der Waals surface area contributed by atoms with Crippen molar-refractivity contribution >= 4 is 23.8 Å². The molecule has 2 aliphatic carbocycles. The van der Waals surface area contributed by atoms with Gasteiger partial charge in [0.05, 0.1) is 23.9 Å². The highest BCUT2D eigenvalue weighted by molar-refractivity contribution is 5.80. The Labute approximate surface area is 251 Å². The molecule has 44 heavy (non-hydrogen) atoms. The first kappa shape index (κ1) is 31.7. The number of rotatable bonds is 12. The number of piperidine rings is 1. The van der Waals surface area contributed by atoms with E-state index in [1.807, 2.05) is 13.1 Å². The summed E-state index contributed by atoms with van der Waals surface area (Å²) in [7, 11) is 1.94. The standard InChI is InChI=1S/C29H36N2O13/c1-14(32)26(38)30-9-6-21(36)43-18(27(39)41-13-20(34)35)12-22(37)42-17-5-7-29(40)19-11-15-3-4-16(33)24-23(15)28(29,25(17)44-24)8-10-31(19)2/h3-5,14,18-19,25,27,32-33,39-40H,6-13H2,1-2H3,(H,30,38)(H,34,35)/t14-,18-,19+,25-,27?,28?,29+/m0/s1.